The Labute approximate surface area is 96.8 Å². The third kappa shape index (κ3) is 3.98. The van der Waals surface area contributed by atoms with Crippen molar-refractivity contribution in [2.24, 2.45) is 0 Å². The normalized spacial score (nSPS) is 11.6. The largest absolute Gasteiger partial charge is 0.232 e. The fourth-order valence-corrected chi connectivity index (χ4v) is 2.34. The van der Waals surface area contributed by atoms with Crippen LogP contribution < -0.4 is 0 Å². The molecule has 0 fully saturated rings. The van der Waals surface area contributed by atoms with Gasteiger partial charge in [-0.2, -0.15) is 0 Å². The van der Waals surface area contributed by atoms with Gasteiger partial charge in [-0.1, -0.05) is 22.0 Å². The maximum Gasteiger partial charge on any atom is 0.232 e. The molecule has 0 aliphatic carbocycles. The summed E-state index contributed by atoms with van der Waals surface area (Å²) in [5.41, 5.74) is 2.08. The molecular formula is C9H10BrClO2S. The fraction of sp³-hybridized carbons (Fsp3) is 0.333. The molecule has 0 amide bonds. The van der Waals surface area contributed by atoms with E-state index >= 15 is 0 Å². The molecule has 0 heterocycles. The van der Waals surface area contributed by atoms with E-state index in [1.54, 1.807) is 0 Å². The predicted molar refractivity (Wildman–Crippen MR) is 62.2 cm³/mol. The topological polar surface area (TPSA) is 34.1 Å². The lowest BCUT2D eigenvalue weighted by atomic mass is 10.1. The summed E-state index contributed by atoms with van der Waals surface area (Å²) in [4.78, 5) is 0. The molecule has 5 heteroatoms. The second-order valence-electron chi connectivity index (χ2n) is 3.06. The van der Waals surface area contributed by atoms with Crippen molar-refractivity contribution in [3.63, 3.8) is 0 Å². The van der Waals surface area contributed by atoms with Crippen molar-refractivity contribution in [3.05, 3.63) is 33.8 Å². The average molecular weight is 298 g/mol. The van der Waals surface area contributed by atoms with Gasteiger partial charge in [0.05, 0.1) is 5.75 Å². The summed E-state index contributed by atoms with van der Waals surface area (Å²) in [7, 11) is 1.74. The van der Waals surface area contributed by atoms with Crippen LogP contribution in [0.5, 0.6) is 0 Å². The molecule has 0 spiro atoms. The lowest BCUT2D eigenvalue weighted by molar-refractivity contribution is 0.609. The van der Waals surface area contributed by atoms with Crippen LogP contribution in [-0.4, -0.2) is 14.2 Å². The van der Waals surface area contributed by atoms with Crippen molar-refractivity contribution in [3.8, 4) is 0 Å². The quantitative estimate of drug-likeness (QED) is 0.804. The van der Waals surface area contributed by atoms with E-state index in [-0.39, 0.29) is 5.75 Å². The van der Waals surface area contributed by atoms with Gasteiger partial charge < -0.3 is 0 Å². The number of benzene rings is 1. The van der Waals surface area contributed by atoms with E-state index in [2.05, 4.69) is 15.9 Å². The van der Waals surface area contributed by atoms with Crippen molar-refractivity contribution in [2.45, 2.75) is 13.3 Å². The third-order valence-corrected chi connectivity index (χ3v) is 3.57. The zero-order chi connectivity index (χ0) is 10.8. The summed E-state index contributed by atoms with van der Waals surface area (Å²) >= 11 is 3.34. The van der Waals surface area contributed by atoms with Gasteiger partial charge in [0.1, 0.15) is 0 Å². The zero-order valence-corrected chi connectivity index (χ0v) is 10.8. The second-order valence-corrected chi connectivity index (χ2v) is 6.88. The lowest BCUT2D eigenvalue weighted by Gasteiger charge is -2.04. The SMILES string of the molecule is Cc1cc(Br)ccc1CCS(=O)(=O)Cl. The molecule has 14 heavy (non-hydrogen) atoms. The second kappa shape index (κ2) is 4.64. The van der Waals surface area contributed by atoms with Gasteiger partial charge in [0.2, 0.25) is 9.05 Å². The van der Waals surface area contributed by atoms with Crippen LogP contribution in [0.3, 0.4) is 0 Å². The van der Waals surface area contributed by atoms with Crippen LogP contribution in [0.4, 0.5) is 0 Å². The lowest BCUT2D eigenvalue weighted by Crippen LogP contribution is -2.02. The molecule has 2 nitrogen and oxygen atoms in total. The van der Waals surface area contributed by atoms with Gasteiger partial charge >= 0.3 is 0 Å². The molecule has 0 aromatic heterocycles. The van der Waals surface area contributed by atoms with Crippen molar-refractivity contribution in [1.82, 2.24) is 0 Å². The number of hydrogen-bond acceptors (Lipinski definition) is 2. The monoisotopic (exact) mass is 296 g/mol. The minimum atomic E-state index is -3.39. The van der Waals surface area contributed by atoms with Crippen LogP contribution in [0.25, 0.3) is 0 Å². The van der Waals surface area contributed by atoms with E-state index in [1.807, 2.05) is 25.1 Å². The highest BCUT2D eigenvalue weighted by Gasteiger charge is 2.07. The molecular weight excluding hydrogens is 288 g/mol. The minimum absolute atomic E-state index is 0.0168. The van der Waals surface area contributed by atoms with Gasteiger partial charge in [0.15, 0.2) is 0 Å². The Kier molecular flexibility index (Phi) is 3.98. The summed E-state index contributed by atoms with van der Waals surface area (Å²) in [6, 6.07) is 5.75. The number of rotatable bonds is 3. The van der Waals surface area contributed by atoms with Crippen LogP contribution >= 0.6 is 26.6 Å². The van der Waals surface area contributed by atoms with E-state index in [9.17, 15) is 8.42 Å². The standard InChI is InChI=1S/C9H10BrClO2S/c1-7-6-9(10)3-2-8(7)4-5-14(11,12)13/h2-3,6H,4-5H2,1H3. The smallest absolute Gasteiger partial charge is 0.212 e. The molecule has 1 aromatic carbocycles. The first-order chi connectivity index (χ1) is 6.38. The van der Waals surface area contributed by atoms with Crippen LogP contribution in [0.2, 0.25) is 0 Å². The molecule has 0 unspecified atom stereocenters. The van der Waals surface area contributed by atoms with Gasteiger partial charge in [0, 0.05) is 15.2 Å². The molecule has 0 saturated heterocycles. The molecule has 1 rings (SSSR count). The first-order valence-electron chi connectivity index (χ1n) is 4.06. The Morgan fingerprint density at radius 3 is 2.57 bits per heavy atom. The van der Waals surface area contributed by atoms with Gasteiger partial charge in [-0.25, -0.2) is 8.42 Å². The maximum atomic E-state index is 10.7. The van der Waals surface area contributed by atoms with E-state index in [4.69, 9.17) is 10.7 Å². The molecule has 0 atom stereocenters. The first-order valence-corrected chi connectivity index (χ1v) is 7.33. The Morgan fingerprint density at radius 2 is 2.07 bits per heavy atom. The molecule has 0 aliphatic heterocycles. The molecule has 0 bridgehead atoms. The minimum Gasteiger partial charge on any atom is -0.212 e. The average Bonchev–Trinajstić information content (AvgIpc) is 2.00. The number of aryl methyl sites for hydroxylation is 2. The summed E-state index contributed by atoms with van der Waals surface area (Å²) in [5, 5.41) is 0. The zero-order valence-electron chi connectivity index (χ0n) is 7.63. The third-order valence-electron chi connectivity index (χ3n) is 1.92. The summed E-state index contributed by atoms with van der Waals surface area (Å²) < 4.78 is 22.5. The molecule has 0 radical (unpaired) electrons. The van der Waals surface area contributed by atoms with Gasteiger partial charge in [-0.15, -0.1) is 0 Å². The van der Waals surface area contributed by atoms with E-state index in [0.29, 0.717) is 6.42 Å². The van der Waals surface area contributed by atoms with Crippen molar-refractivity contribution in [2.75, 3.05) is 5.75 Å². The number of halogens is 2. The molecule has 0 saturated carbocycles. The van der Waals surface area contributed by atoms with Gasteiger partial charge in [-0.3, -0.25) is 0 Å². The molecule has 0 aliphatic rings. The Balaban J connectivity index is 2.78. The molecule has 1 aromatic rings. The molecule has 78 valence electrons. The summed E-state index contributed by atoms with van der Waals surface area (Å²) in [6.45, 7) is 1.95. The highest BCUT2D eigenvalue weighted by atomic mass is 79.9. The fourth-order valence-electron chi connectivity index (χ4n) is 1.17. The van der Waals surface area contributed by atoms with E-state index < -0.39 is 9.05 Å². The summed E-state index contributed by atoms with van der Waals surface area (Å²) in [5.74, 6) is -0.0168. The van der Waals surface area contributed by atoms with Crippen molar-refractivity contribution < 1.29 is 8.42 Å². The maximum absolute atomic E-state index is 10.7. The predicted octanol–water partition coefficient (Wildman–Crippen LogP) is 2.87. The highest BCUT2D eigenvalue weighted by Crippen LogP contribution is 2.17. The van der Waals surface area contributed by atoms with E-state index in [0.717, 1.165) is 15.6 Å². The Morgan fingerprint density at radius 1 is 1.43 bits per heavy atom. The van der Waals surface area contributed by atoms with Gasteiger partial charge in [0.25, 0.3) is 0 Å². The van der Waals surface area contributed by atoms with Crippen LogP contribution in [0, 0.1) is 6.92 Å². The van der Waals surface area contributed by atoms with Crippen molar-refractivity contribution >= 4 is 35.7 Å². The highest BCUT2D eigenvalue weighted by molar-refractivity contribution is 9.10. The van der Waals surface area contributed by atoms with Crippen LogP contribution in [-0.2, 0) is 15.5 Å². The Bertz CT molecular complexity index is 428. The molecule has 0 N–H and O–H groups in total. The summed E-state index contributed by atoms with van der Waals surface area (Å²) in [6.07, 6.45) is 0.463. The van der Waals surface area contributed by atoms with Gasteiger partial charge in [-0.05, 0) is 36.6 Å². The number of hydrogen-bond donors (Lipinski definition) is 0. The van der Waals surface area contributed by atoms with Crippen molar-refractivity contribution in [1.29, 1.82) is 0 Å². The van der Waals surface area contributed by atoms with Crippen LogP contribution in [0.15, 0.2) is 22.7 Å². The van der Waals surface area contributed by atoms with Crippen LogP contribution in [0.1, 0.15) is 11.1 Å². The van der Waals surface area contributed by atoms with E-state index in [1.165, 1.54) is 0 Å². The first kappa shape index (κ1) is 12.0. The Hall–Kier alpha value is -0.0600.